The molecule has 0 aliphatic rings. The van der Waals surface area contributed by atoms with E-state index in [4.69, 9.17) is 5.14 Å². The van der Waals surface area contributed by atoms with E-state index in [-0.39, 0.29) is 10.8 Å². The van der Waals surface area contributed by atoms with Crippen LogP contribution in [0.25, 0.3) is 31.7 Å². The molecule has 23 heavy (non-hydrogen) atoms. The normalized spacial score (nSPS) is 12.2. The van der Waals surface area contributed by atoms with Gasteiger partial charge in [0.15, 0.2) is 5.88 Å². The summed E-state index contributed by atoms with van der Waals surface area (Å²) in [5.41, 5.74) is 1.92. The lowest BCUT2D eigenvalue weighted by molar-refractivity contribution is 0.460. The van der Waals surface area contributed by atoms with Crippen molar-refractivity contribution in [2.24, 2.45) is 5.14 Å². The molecule has 0 amide bonds. The summed E-state index contributed by atoms with van der Waals surface area (Å²) in [4.78, 5) is 7.34. The summed E-state index contributed by atoms with van der Waals surface area (Å²) < 4.78 is 24.1. The van der Waals surface area contributed by atoms with Crippen LogP contribution in [0.3, 0.4) is 0 Å². The minimum absolute atomic E-state index is 0.00800. The van der Waals surface area contributed by atoms with Crippen LogP contribution in [0, 0.1) is 0 Å². The van der Waals surface area contributed by atoms with Gasteiger partial charge in [-0.2, -0.15) is 0 Å². The fraction of sp³-hybridized carbons (Fsp3) is 0. The van der Waals surface area contributed by atoms with Crippen LogP contribution in [0.4, 0.5) is 0 Å². The van der Waals surface area contributed by atoms with Crippen molar-refractivity contribution >= 4 is 42.5 Å². The van der Waals surface area contributed by atoms with E-state index in [1.54, 1.807) is 6.07 Å². The van der Waals surface area contributed by atoms with Crippen LogP contribution in [0.1, 0.15) is 0 Å². The molecule has 0 spiro atoms. The lowest BCUT2D eigenvalue weighted by Crippen LogP contribution is -2.11. The van der Waals surface area contributed by atoms with E-state index >= 15 is 0 Å². The third-order valence-electron chi connectivity index (χ3n) is 3.59. The van der Waals surface area contributed by atoms with Crippen LogP contribution in [-0.4, -0.2) is 23.5 Å². The molecule has 0 aliphatic heterocycles. The Kier molecular flexibility index (Phi) is 2.95. The van der Waals surface area contributed by atoms with E-state index in [0.29, 0.717) is 21.5 Å². The SMILES string of the molecule is NS(=O)(=O)c1ccc2[nH]c(O)c(-c3nc4ccccc4s3)c2c1. The number of hydrogen-bond donors (Lipinski definition) is 3. The average Bonchev–Trinajstić information content (AvgIpc) is 3.04. The average molecular weight is 345 g/mol. The number of rotatable bonds is 2. The topological polar surface area (TPSA) is 109 Å². The number of aromatic amines is 1. The van der Waals surface area contributed by atoms with Gasteiger partial charge >= 0.3 is 0 Å². The number of nitrogens with two attached hydrogens (primary N) is 1. The third kappa shape index (κ3) is 2.27. The van der Waals surface area contributed by atoms with E-state index in [0.717, 1.165) is 10.2 Å². The molecule has 0 fully saturated rings. The number of nitrogens with one attached hydrogen (secondary N) is 1. The van der Waals surface area contributed by atoms with Gasteiger partial charge in [0, 0.05) is 10.9 Å². The van der Waals surface area contributed by atoms with Gasteiger partial charge in [-0.25, -0.2) is 18.5 Å². The van der Waals surface area contributed by atoms with Crippen LogP contribution in [0.5, 0.6) is 5.88 Å². The molecule has 0 saturated heterocycles. The van der Waals surface area contributed by atoms with E-state index in [2.05, 4.69) is 9.97 Å². The molecular formula is C15H11N3O3S2. The van der Waals surface area contributed by atoms with Gasteiger partial charge in [0.1, 0.15) is 5.01 Å². The van der Waals surface area contributed by atoms with Gasteiger partial charge in [0.2, 0.25) is 10.0 Å². The van der Waals surface area contributed by atoms with Gasteiger partial charge in [-0.05, 0) is 30.3 Å². The number of thiazole rings is 1. The van der Waals surface area contributed by atoms with Crippen molar-refractivity contribution in [3.05, 3.63) is 42.5 Å². The van der Waals surface area contributed by atoms with Gasteiger partial charge in [-0.15, -0.1) is 11.3 Å². The highest BCUT2D eigenvalue weighted by atomic mass is 32.2. The minimum atomic E-state index is -3.82. The van der Waals surface area contributed by atoms with Crippen LogP contribution < -0.4 is 5.14 Å². The molecule has 0 atom stereocenters. The maximum absolute atomic E-state index is 11.6. The highest BCUT2D eigenvalue weighted by Gasteiger charge is 2.19. The molecule has 0 aliphatic carbocycles. The van der Waals surface area contributed by atoms with Crippen molar-refractivity contribution in [3.63, 3.8) is 0 Å². The summed E-state index contributed by atoms with van der Waals surface area (Å²) in [7, 11) is -3.82. The number of para-hydroxylation sites is 1. The Morgan fingerprint density at radius 2 is 1.96 bits per heavy atom. The van der Waals surface area contributed by atoms with Crippen molar-refractivity contribution in [1.82, 2.24) is 9.97 Å². The number of benzene rings is 2. The zero-order valence-corrected chi connectivity index (χ0v) is 13.3. The Morgan fingerprint density at radius 1 is 1.17 bits per heavy atom. The standard InChI is InChI=1S/C15H11N3O3S2/c16-23(20,21)8-5-6-10-9(7-8)13(14(19)17-10)15-18-11-3-1-2-4-12(11)22-15/h1-7,17,19H,(H2,16,20,21). The predicted molar refractivity (Wildman–Crippen MR) is 90.0 cm³/mol. The molecule has 8 heteroatoms. The quantitative estimate of drug-likeness (QED) is 0.519. The largest absolute Gasteiger partial charge is 0.494 e. The lowest BCUT2D eigenvalue weighted by Gasteiger charge is -1.99. The minimum Gasteiger partial charge on any atom is -0.494 e. The molecule has 0 bridgehead atoms. The fourth-order valence-electron chi connectivity index (χ4n) is 2.53. The monoisotopic (exact) mass is 345 g/mol. The van der Waals surface area contributed by atoms with Gasteiger partial charge in [-0.1, -0.05) is 12.1 Å². The number of primary sulfonamides is 1. The lowest BCUT2D eigenvalue weighted by atomic mass is 10.2. The molecule has 0 radical (unpaired) electrons. The van der Waals surface area contributed by atoms with E-state index < -0.39 is 10.0 Å². The van der Waals surface area contributed by atoms with Crippen LogP contribution in [0.2, 0.25) is 0 Å². The smallest absolute Gasteiger partial charge is 0.238 e. The van der Waals surface area contributed by atoms with Crippen molar-refractivity contribution < 1.29 is 13.5 Å². The van der Waals surface area contributed by atoms with Crippen molar-refractivity contribution in [3.8, 4) is 16.5 Å². The van der Waals surface area contributed by atoms with Crippen molar-refractivity contribution in [2.45, 2.75) is 4.90 Å². The van der Waals surface area contributed by atoms with E-state index in [1.807, 2.05) is 24.3 Å². The maximum atomic E-state index is 11.6. The second kappa shape index (κ2) is 4.79. The third-order valence-corrected chi connectivity index (χ3v) is 5.55. The Balaban J connectivity index is 2.03. The zero-order valence-electron chi connectivity index (χ0n) is 11.6. The first kappa shape index (κ1) is 14.2. The molecule has 4 rings (SSSR count). The number of fused-ring (bicyclic) bond motifs is 2. The van der Waals surface area contributed by atoms with Gasteiger partial charge in [0.25, 0.3) is 0 Å². The van der Waals surface area contributed by atoms with Crippen molar-refractivity contribution in [1.29, 1.82) is 0 Å². The first-order valence-corrected chi connectivity index (χ1v) is 9.03. The summed E-state index contributed by atoms with van der Waals surface area (Å²) >= 11 is 1.43. The van der Waals surface area contributed by atoms with E-state index in [1.165, 1.54) is 23.5 Å². The summed E-state index contributed by atoms with van der Waals surface area (Å²) in [6.07, 6.45) is 0. The molecule has 0 saturated carbocycles. The Bertz CT molecular complexity index is 1130. The molecule has 4 aromatic rings. The Hall–Kier alpha value is -2.42. The van der Waals surface area contributed by atoms with Crippen LogP contribution >= 0.6 is 11.3 Å². The first-order valence-electron chi connectivity index (χ1n) is 6.67. The highest BCUT2D eigenvalue weighted by Crippen LogP contribution is 2.40. The number of sulfonamides is 1. The zero-order chi connectivity index (χ0) is 16.2. The molecule has 2 aromatic carbocycles. The second-order valence-electron chi connectivity index (χ2n) is 5.09. The number of nitrogens with zero attached hydrogens (tertiary/aromatic N) is 1. The summed E-state index contributed by atoms with van der Waals surface area (Å²) in [5.74, 6) is -0.0503. The number of aromatic nitrogens is 2. The summed E-state index contributed by atoms with van der Waals surface area (Å²) in [6.45, 7) is 0. The van der Waals surface area contributed by atoms with Crippen LogP contribution in [0.15, 0.2) is 47.4 Å². The van der Waals surface area contributed by atoms with Crippen molar-refractivity contribution in [2.75, 3.05) is 0 Å². The first-order chi connectivity index (χ1) is 10.9. The Morgan fingerprint density at radius 3 is 2.70 bits per heavy atom. The number of aromatic hydroxyl groups is 1. The van der Waals surface area contributed by atoms with E-state index in [9.17, 15) is 13.5 Å². The number of H-pyrrole nitrogens is 1. The maximum Gasteiger partial charge on any atom is 0.238 e. The molecule has 6 nitrogen and oxygen atoms in total. The van der Waals surface area contributed by atoms with Crippen LogP contribution in [-0.2, 0) is 10.0 Å². The van der Waals surface area contributed by atoms with Gasteiger partial charge in [0.05, 0.1) is 20.7 Å². The molecular weight excluding hydrogens is 334 g/mol. The molecule has 0 unspecified atom stereocenters. The van der Waals surface area contributed by atoms with Gasteiger partial charge < -0.3 is 10.1 Å². The fourth-order valence-corrected chi connectivity index (χ4v) is 4.10. The highest BCUT2D eigenvalue weighted by molar-refractivity contribution is 7.89. The molecule has 2 aromatic heterocycles. The molecule has 116 valence electrons. The second-order valence-corrected chi connectivity index (χ2v) is 7.68. The summed E-state index contributed by atoms with van der Waals surface area (Å²) in [5, 5.41) is 16.6. The number of hydrogen-bond acceptors (Lipinski definition) is 5. The predicted octanol–water partition coefficient (Wildman–Crippen LogP) is 2.80. The van der Waals surface area contributed by atoms with Gasteiger partial charge in [-0.3, -0.25) is 0 Å². The molecule has 4 N–H and O–H groups in total. The Labute approximate surface area is 135 Å². The molecule has 2 heterocycles. The summed E-state index contributed by atoms with van der Waals surface area (Å²) in [6, 6.07) is 12.1.